The van der Waals surface area contributed by atoms with Crippen LogP contribution in [0.5, 0.6) is 0 Å². The number of nitrogens with one attached hydrogen (secondary N) is 1. The number of carbonyl (C=O) groups is 1. The predicted molar refractivity (Wildman–Crippen MR) is 43.8 cm³/mol. The van der Waals surface area contributed by atoms with Crippen LogP contribution in [0.4, 0.5) is 0 Å². The van der Waals surface area contributed by atoms with Gasteiger partial charge in [0.15, 0.2) is 6.39 Å². The predicted octanol–water partition coefficient (Wildman–Crippen LogP) is 1.16. The first-order valence-electron chi connectivity index (χ1n) is 3.20. The summed E-state index contributed by atoms with van der Waals surface area (Å²) < 4.78 is 4.73. The van der Waals surface area contributed by atoms with Crippen molar-refractivity contribution in [3.63, 3.8) is 0 Å². The van der Waals surface area contributed by atoms with E-state index in [1.165, 1.54) is 12.6 Å². The van der Waals surface area contributed by atoms with Crippen LogP contribution in [0.1, 0.15) is 10.6 Å². The first-order valence-corrected chi connectivity index (χ1v) is 3.58. The summed E-state index contributed by atoms with van der Waals surface area (Å²) in [6, 6.07) is 0. The summed E-state index contributed by atoms with van der Waals surface area (Å²) in [6.07, 6.45) is 2.51. The van der Waals surface area contributed by atoms with Gasteiger partial charge in [0.05, 0.1) is 12.7 Å². The van der Waals surface area contributed by atoms with Crippen LogP contribution in [-0.2, 0) is 0 Å². The number of hydrogen-bond acceptors (Lipinski definition) is 3. The van der Waals surface area contributed by atoms with Crippen LogP contribution in [0, 0.1) is 0 Å². The summed E-state index contributed by atoms with van der Waals surface area (Å²) in [5, 5.41) is 2.84. The average molecular weight is 187 g/mol. The minimum atomic E-state index is -0.352. The van der Waals surface area contributed by atoms with Crippen LogP contribution < -0.4 is 5.32 Å². The monoisotopic (exact) mass is 186 g/mol. The minimum Gasteiger partial charge on any atom is -0.438 e. The molecule has 0 radical (unpaired) electrons. The van der Waals surface area contributed by atoms with E-state index in [1.807, 2.05) is 0 Å². The van der Waals surface area contributed by atoms with Gasteiger partial charge in [-0.1, -0.05) is 18.2 Å². The van der Waals surface area contributed by atoms with Crippen LogP contribution in [0.25, 0.3) is 0 Å². The van der Waals surface area contributed by atoms with Gasteiger partial charge in [0.25, 0.3) is 5.91 Å². The quantitative estimate of drug-likeness (QED) is 0.771. The van der Waals surface area contributed by atoms with Gasteiger partial charge in [-0.15, -0.1) is 0 Å². The summed E-state index contributed by atoms with van der Waals surface area (Å²) in [6.45, 7) is 3.64. The number of carbonyl (C=O) groups excluding carboxylic acids is 1. The number of nitrogens with zero attached hydrogens (tertiary/aromatic N) is 1. The molecule has 0 bridgehead atoms. The second-order valence-electron chi connectivity index (χ2n) is 2.07. The zero-order valence-electron chi connectivity index (χ0n) is 6.21. The highest BCUT2D eigenvalue weighted by Gasteiger charge is 2.07. The third-order valence-corrected chi connectivity index (χ3v) is 1.23. The zero-order chi connectivity index (χ0) is 8.97. The molecule has 0 saturated carbocycles. The molecule has 0 atom stereocenters. The van der Waals surface area contributed by atoms with Gasteiger partial charge in [0.2, 0.25) is 5.76 Å². The van der Waals surface area contributed by atoms with Crippen LogP contribution in [-0.4, -0.2) is 17.4 Å². The highest BCUT2D eigenvalue weighted by Crippen LogP contribution is 1.97. The fraction of sp³-hybridized carbons (Fsp3) is 0.143. The lowest BCUT2D eigenvalue weighted by atomic mass is 10.4. The molecule has 0 aliphatic carbocycles. The number of hydrogen-bond donors (Lipinski definition) is 1. The van der Waals surface area contributed by atoms with Gasteiger partial charge in [0.1, 0.15) is 0 Å². The zero-order valence-corrected chi connectivity index (χ0v) is 6.97. The number of halogens is 1. The Labute approximate surface area is 74.2 Å². The summed E-state index contributed by atoms with van der Waals surface area (Å²) in [4.78, 5) is 14.7. The molecule has 64 valence electrons. The van der Waals surface area contributed by atoms with Crippen molar-refractivity contribution in [3.8, 4) is 0 Å². The maximum Gasteiger partial charge on any atom is 0.289 e. The summed E-state index contributed by atoms with van der Waals surface area (Å²) in [5.74, 6) is -0.192. The van der Waals surface area contributed by atoms with Crippen LogP contribution in [0.3, 0.4) is 0 Å². The highest BCUT2D eigenvalue weighted by atomic mass is 35.5. The van der Waals surface area contributed by atoms with E-state index in [9.17, 15) is 4.79 Å². The standard InChI is InChI=1S/C7H7ClN2O2/c1-5(8)2-10-7(11)6-3-9-4-12-6/h3-4H,1-2H2,(H,10,11). The first-order chi connectivity index (χ1) is 5.70. The minimum absolute atomic E-state index is 0.160. The Morgan fingerprint density at radius 3 is 3.08 bits per heavy atom. The Balaban J connectivity index is 2.45. The van der Waals surface area contributed by atoms with Gasteiger partial charge in [-0.2, -0.15) is 0 Å². The lowest BCUT2D eigenvalue weighted by Crippen LogP contribution is -2.23. The molecule has 1 N–H and O–H groups in total. The van der Waals surface area contributed by atoms with Gasteiger partial charge in [-0.05, 0) is 0 Å². The van der Waals surface area contributed by atoms with Gasteiger partial charge in [0, 0.05) is 5.03 Å². The fourth-order valence-electron chi connectivity index (χ4n) is 0.591. The lowest BCUT2D eigenvalue weighted by molar-refractivity contribution is 0.0930. The SMILES string of the molecule is C=C(Cl)CNC(=O)c1cnco1. The molecule has 0 aliphatic rings. The summed E-state index contributed by atoms with van der Waals surface area (Å²) in [7, 11) is 0. The molecule has 5 heteroatoms. The van der Waals surface area contributed by atoms with E-state index in [0.717, 1.165) is 0 Å². The fourth-order valence-corrected chi connectivity index (χ4v) is 0.658. The number of amides is 1. The topological polar surface area (TPSA) is 55.1 Å². The molecule has 0 saturated heterocycles. The van der Waals surface area contributed by atoms with E-state index < -0.39 is 0 Å². The molecule has 0 unspecified atom stereocenters. The molecule has 1 aromatic rings. The Bertz CT molecular complexity index is 282. The van der Waals surface area contributed by atoms with Crippen molar-refractivity contribution in [2.75, 3.05) is 6.54 Å². The van der Waals surface area contributed by atoms with Crippen molar-refractivity contribution in [3.05, 3.63) is 30.0 Å². The summed E-state index contributed by atoms with van der Waals surface area (Å²) >= 11 is 5.43. The van der Waals surface area contributed by atoms with Crippen LogP contribution in [0.2, 0.25) is 0 Å². The maximum absolute atomic E-state index is 11.1. The van der Waals surface area contributed by atoms with Gasteiger partial charge in [-0.25, -0.2) is 4.98 Å². The molecule has 0 spiro atoms. The smallest absolute Gasteiger partial charge is 0.289 e. The normalized spacial score (nSPS) is 9.42. The molecule has 0 aliphatic heterocycles. The van der Waals surface area contributed by atoms with Crippen molar-refractivity contribution in [2.24, 2.45) is 0 Å². The number of rotatable bonds is 3. The van der Waals surface area contributed by atoms with Crippen molar-refractivity contribution in [1.29, 1.82) is 0 Å². The Hall–Kier alpha value is -1.29. The number of aromatic nitrogens is 1. The molecule has 0 aromatic carbocycles. The van der Waals surface area contributed by atoms with E-state index in [0.29, 0.717) is 5.03 Å². The molecular formula is C7H7ClN2O2. The molecule has 12 heavy (non-hydrogen) atoms. The Morgan fingerprint density at radius 1 is 1.83 bits per heavy atom. The van der Waals surface area contributed by atoms with Crippen molar-refractivity contribution < 1.29 is 9.21 Å². The van der Waals surface area contributed by atoms with E-state index in [2.05, 4.69) is 16.9 Å². The highest BCUT2D eigenvalue weighted by molar-refractivity contribution is 6.29. The molecule has 1 amide bonds. The first kappa shape index (κ1) is 8.80. The molecular weight excluding hydrogens is 180 g/mol. The van der Waals surface area contributed by atoms with Crippen molar-refractivity contribution >= 4 is 17.5 Å². The van der Waals surface area contributed by atoms with E-state index in [4.69, 9.17) is 16.0 Å². The number of oxazole rings is 1. The van der Waals surface area contributed by atoms with Gasteiger partial charge in [-0.3, -0.25) is 4.79 Å². The second kappa shape index (κ2) is 3.92. The average Bonchev–Trinajstić information content (AvgIpc) is 2.51. The third-order valence-electron chi connectivity index (χ3n) is 1.10. The van der Waals surface area contributed by atoms with E-state index in [-0.39, 0.29) is 18.2 Å². The second-order valence-corrected chi connectivity index (χ2v) is 2.60. The van der Waals surface area contributed by atoms with Crippen molar-refractivity contribution in [1.82, 2.24) is 10.3 Å². The molecule has 1 aromatic heterocycles. The molecule has 1 rings (SSSR count). The van der Waals surface area contributed by atoms with Crippen molar-refractivity contribution in [2.45, 2.75) is 0 Å². The Morgan fingerprint density at radius 2 is 2.58 bits per heavy atom. The molecule has 1 heterocycles. The van der Waals surface area contributed by atoms with E-state index in [1.54, 1.807) is 0 Å². The largest absolute Gasteiger partial charge is 0.438 e. The Kier molecular flexibility index (Phi) is 2.88. The van der Waals surface area contributed by atoms with Gasteiger partial charge >= 0.3 is 0 Å². The summed E-state index contributed by atoms with van der Waals surface area (Å²) in [5.41, 5.74) is 0. The van der Waals surface area contributed by atoms with Gasteiger partial charge < -0.3 is 9.73 Å². The van der Waals surface area contributed by atoms with E-state index >= 15 is 0 Å². The molecule has 0 fully saturated rings. The van der Waals surface area contributed by atoms with Crippen LogP contribution in [0.15, 0.2) is 28.6 Å². The molecule has 4 nitrogen and oxygen atoms in total. The third kappa shape index (κ3) is 2.39. The lowest BCUT2D eigenvalue weighted by Gasteiger charge is -1.98. The maximum atomic E-state index is 11.1. The van der Waals surface area contributed by atoms with Crippen LogP contribution >= 0.6 is 11.6 Å².